The van der Waals surface area contributed by atoms with E-state index in [2.05, 4.69) is 6.58 Å². The molecule has 0 unspecified atom stereocenters. The number of ether oxygens (including phenoxy) is 3. The Hall–Kier alpha value is -3.32. The molecule has 7 heteroatoms. The summed E-state index contributed by atoms with van der Waals surface area (Å²) in [4.78, 5) is 0. The summed E-state index contributed by atoms with van der Waals surface area (Å²) in [6.45, 7) is 6.16. The molecule has 3 aromatic rings. The van der Waals surface area contributed by atoms with Gasteiger partial charge in [-0.2, -0.15) is 4.39 Å². The predicted octanol–water partition coefficient (Wildman–Crippen LogP) is 8.51. The van der Waals surface area contributed by atoms with Gasteiger partial charge in [0.05, 0.1) is 12.7 Å². The molecule has 0 spiro atoms. The van der Waals surface area contributed by atoms with Crippen molar-refractivity contribution >= 4 is 0 Å². The zero-order chi connectivity index (χ0) is 27.1. The van der Waals surface area contributed by atoms with Crippen LogP contribution in [0.25, 0.3) is 11.1 Å². The molecule has 202 valence electrons. The number of hydrogen-bond donors (Lipinski definition) is 0. The van der Waals surface area contributed by atoms with Crippen molar-refractivity contribution in [3.8, 4) is 22.6 Å². The number of rotatable bonds is 11. The molecule has 0 bridgehead atoms. The molecule has 3 aromatic carbocycles. The van der Waals surface area contributed by atoms with Gasteiger partial charge in [-0.3, -0.25) is 0 Å². The number of benzene rings is 3. The molecule has 4 rings (SSSR count). The standard InChI is InChI=1S/C31H32F4O3/c1-3-5-18-37-27-17-10-22(28(32)31(27)35)19-38-24-13-8-21(9-14-24)26-16-15-25(29(33)30(26)34)20-6-11-23(12-7-20)36-4-2/h3,8-10,13-17,20,23H,1,4-7,11-12,18-19H2,2H3. The fourth-order valence-electron chi connectivity index (χ4n) is 4.82. The molecule has 3 nitrogen and oxygen atoms in total. The van der Waals surface area contributed by atoms with Crippen LogP contribution in [0.3, 0.4) is 0 Å². The summed E-state index contributed by atoms with van der Waals surface area (Å²) >= 11 is 0. The Balaban J connectivity index is 1.40. The lowest BCUT2D eigenvalue weighted by Crippen LogP contribution is -2.21. The van der Waals surface area contributed by atoms with Crippen molar-refractivity contribution in [3.05, 3.63) is 95.6 Å². The van der Waals surface area contributed by atoms with Crippen LogP contribution in [0.15, 0.2) is 61.2 Å². The first-order valence-electron chi connectivity index (χ1n) is 13.0. The van der Waals surface area contributed by atoms with Crippen LogP contribution in [-0.2, 0) is 11.3 Å². The highest BCUT2D eigenvalue weighted by Gasteiger charge is 2.26. The molecule has 0 aliphatic heterocycles. The maximum absolute atomic E-state index is 15.1. The molecule has 1 aliphatic carbocycles. The first kappa shape index (κ1) is 27.7. The second kappa shape index (κ2) is 13.0. The second-order valence-corrected chi connectivity index (χ2v) is 9.35. The van der Waals surface area contributed by atoms with Gasteiger partial charge in [-0.1, -0.05) is 30.3 Å². The topological polar surface area (TPSA) is 27.7 Å². The minimum atomic E-state index is -1.08. The van der Waals surface area contributed by atoms with Crippen molar-refractivity contribution in [1.82, 2.24) is 0 Å². The Morgan fingerprint density at radius 1 is 0.816 bits per heavy atom. The minimum absolute atomic E-state index is 0.0240. The van der Waals surface area contributed by atoms with E-state index in [4.69, 9.17) is 14.2 Å². The summed E-state index contributed by atoms with van der Waals surface area (Å²) in [7, 11) is 0. The highest BCUT2D eigenvalue weighted by Crippen LogP contribution is 2.38. The van der Waals surface area contributed by atoms with E-state index in [9.17, 15) is 8.78 Å². The fraction of sp³-hybridized carbons (Fsp3) is 0.355. The van der Waals surface area contributed by atoms with Crippen LogP contribution in [0.2, 0.25) is 0 Å². The van der Waals surface area contributed by atoms with Crippen molar-refractivity contribution in [2.45, 2.75) is 57.7 Å². The van der Waals surface area contributed by atoms with Gasteiger partial charge >= 0.3 is 0 Å². The van der Waals surface area contributed by atoms with Crippen LogP contribution in [0.5, 0.6) is 11.5 Å². The maximum atomic E-state index is 15.1. The van der Waals surface area contributed by atoms with Crippen molar-refractivity contribution in [2.75, 3.05) is 13.2 Å². The van der Waals surface area contributed by atoms with Gasteiger partial charge in [0.1, 0.15) is 12.4 Å². The van der Waals surface area contributed by atoms with Gasteiger partial charge in [0.25, 0.3) is 0 Å². The Morgan fingerprint density at radius 2 is 1.55 bits per heavy atom. The van der Waals surface area contributed by atoms with Crippen molar-refractivity contribution in [1.29, 1.82) is 0 Å². The Bertz CT molecular complexity index is 1230. The number of hydrogen-bond acceptors (Lipinski definition) is 3. The van der Waals surface area contributed by atoms with Gasteiger partial charge in [-0.15, -0.1) is 6.58 Å². The van der Waals surface area contributed by atoms with E-state index in [1.807, 2.05) is 6.92 Å². The quantitative estimate of drug-likeness (QED) is 0.142. The van der Waals surface area contributed by atoms with Crippen LogP contribution in [-0.4, -0.2) is 19.3 Å². The average Bonchev–Trinajstić information content (AvgIpc) is 2.93. The Labute approximate surface area is 221 Å². The Morgan fingerprint density at radius 3 is 2.24 bits per heavy atom. The largest absolute Gasteiger partial charge is 0.490 e. The lowest BCUT2D eigenvalue weighted by molar-refractivity contribution is 0.0325. The molecule has 0 radical (unpaired) electrons. The van der Waals surface area contributed by atoms with E-state index < -0.39 is 23.3 Å². The molecule has 0 atom stereocenters. The molecule has 0 aromatic heterocycles. The third-order valence-corrected chi connectivity index (χ3v) is 6.89. The van der Waals surface area contributed by atoms with Crippen molar-refractivity contribution in [2.24, 2.45) is 0 Å². The van der Waals surface area contributed by atoms with E-state index in [0.29, 0.717) is 29.9 Å². The predicted molar refractivity (Wildman–Crippen MR) is 139 cm³/mol. The van der Waals surface area contributed by atoms with Crippen molar-refractivity contribution in [3.63, 3.8) is 0 Å². The Kier molecular flexibility index (Phi) is 9.45. The monoisotopic (exact) mass is 528 g/mol. The summed E-state index contributed by atoms with van der Waals surface area (Å²) in [6, 6.07) is 12.4. The van der Waals surface area contributed by atoms with E-state index in [-0.39, 0.29) is 42.1 Å². The van der Waals surface area contributed by atoms with Crippen molar-refractivity contribution < 1.29 is 31.8 Å². The van der Waals surface area contributed by atoms with Gasteiger partial charge in [0.2, 0.25) is 5.82 Å². The normalized spacial score (nSPS) is 17.3. The van der Waals surface area contributed by atoms with E-state index in [1.54, 1.807) is 42.5 Å². The van der Waals surface area contributed by atoms with Crippen LogP contribution >= 0.6 is 0 Å². The highest BCUT2D eigenvalue weighted by atomic mass is 19.2. The molecular formula is C31H32F4O3. The summed E-state index contributed by atoms with van der Waals surface area (Å²) in [6.07, 6.45) is 5.54. The van der Waals surface area contributed by atoms with Gasteiger partial charge in [0, 0.05) is 17.7 Å². The zero-order valence-corrected chi connectivity index (χ0v) is 21.5. The summed E-state index contributed by atoms with van der Waals surface area (Å²) in [5.74, 6) is -3.62. The first-order valence-corrected chi connectivity index (χ1v) is 13.0. The molecule has 38 heavy (non-hydrogen) atoms. The molecule has 1 saturated carbocycles. The van der Waals surface area contributed by atoms with Crippen LogP contribution in [0, 0.1) is 23.3 Å². The van der Waals surface area contributed by atoms with Gasteiger partial charge in [0.15, 0.2) is 23.2 Å². The SMILES string of the molecule is C=CCCOc1ccc(COc2ccc(-c3ccc(C4CCC(OCC)CC4)c(F)c3F)cc2)c(F)c1F. The molecule has 0 amide bonds. The van der Waals surface area contributed by atoms with Crippen LogP contribution in [0.4, 0.5) is 17.6 Å². The molecule has 1 fully saturated rings. The fourth-order valence-corrected chi connectivity index (χ4v) is 4.82. The van der Waals surface area contributed by atoms with E-state index in [1.165, 1.54) is 12.1 Å². The van der Waals surface area contributed by atoms with Gasteiger partial charge in [-0.25, -0.2) is 13.2 Å². The lowest BCUT2D eigenvalue weighted by atomic mass is 9.82. The zero-order valence-electron chi connectivity index (χ0n) is 21.5. The second-order valence-electron chi connectivity index (χ2n) is 9.35. The van der Waals surface area contributed by atoms with Gasteiger partial charge < -0.3 is 14.2 Å². The third kappa shape index (κ3) is 6.38. The third-order valence-electron chi connectivity index (χ3n) is 6.89. The lowest BCUT2D eigenvalue weighted by Gasteiger charge is -2.29. The highest BCUT2D eigenvalue weighted by molar-refractivity contribution is 5.65. The molecule has 0 heterocycles. The van der Waals surface area contributed by atoms with Gasteiger partial charge in [-0.05, 0) is 80.3 Å². The smallest absolute Gasteiger partial charge is 0.201 e. The van der Waals surface area contributed by atoms with E-state index >= 15 is 8.78 Å². The molecule has 0 saturated heterocycles. The molecule has 0 N–H and O–H groups in total. The molecule has 1 aliphatic rings. The average molecular weight is 529 g/mol. The minimum Gasteiger partial charge on any atom is -0.490 e. The number of halogens is 4. The first-order chi connectivity index (χ1) is 18.4. The van der Waals surface area contributed by atoms with Crippen LogP contribution < -0.4 is 9.47 Å². The maximum Gasteiger partial charge on any atom is 0.201 e. The molecular weight excluding hydrogens is 496 g/mol. The van der Waals surface area contributed by atoms with E-state index in [0.717, 1.165) is 25.7 Å². The summed E-state index contributed by atoms with van der Waals surface area (Å²) < 4.78 is 75.3. The van der Waals surface area contributed by atoms with Crippen LogP contribution in [0.1, 0.15) is 56.1 Å². The summed E-state index contributed by atoms with van der Waals surface area (Å²) in [5, 5.41) is 0. The summed E-state index contributed by atoms with van der Waals surface area (Å²) in [5.41, 5.74) is 1.08.